The molecular weight excluding hydrogens is 426 g/mol. The van der Waals surface area contributed by atoms with Crippen molar-refractivity contribution in [3.05, 3.63) is 107 Å². The fourth-order valence-corrected chi connectivity index (χ4v) is 3.52. The Bertz CT molecular complexity index is 1270. The van der Waals surface area contributed by atoms with Crippen LogP contribution < -0.4 is 22.3 Å². The molecule has 3 aromatic carbocycles. The third-order valence-corrected chi connectivity index (χ3v) is 5.43. The van der Waals surface area contributed by atoms with Gasteiger partial charge in [0.1, 0.15) is 0 Å². The molecule has 0 saturated heterocycles. The Balaban J connectivity index is 1.41. The Hall–Kier alpha value is -4.20. The van der Waals surface area contributed by atoms with Crippen molar-refractivity contribution in [3.63, 3.8) is 0 Å². The number of aryl methyl sites for hydroxylation is 1. The Kier molecular flexibility index (Phi) is 7.17. The minimum atomic E-state index is -0.207. The van der Waals surface area contributed by atoms with Gasteiger partial charge >= 0.3 is 0 Å². The molecule has 0 spiro atoms. The van der Waals surface area contributed by atoms with Gasteiger partial charge in [0.05, 0.1) is 24.6 Å². The lowest BCUT2D eigenvalue weighted by Gasteiger charge is -2.12. The van der Waals surface area contributed by atoms with Crippen LogP contribution >= 0.6 is 0 Å². The van der Waals surface area contributed by atoms with E-state index in [1.54, 1.807) is 18.2 Å². The first-order chi connectivity index (χ1) is 16.5. The number of hydrogen-bond donors (Lipinski definition) is 4. The SMILES string of the molecule is Cc1ccc(C(=O)Nc2ccc(COCc3ccccc3)cc2)cc1-c1ccc(N)c(NN)n1. The number of benzene rings is 3. The van der Waals surface area contributed by atoms with Crippen LogP contribution in [0.1, 0.15) is 27.0 Å². The molecule has 0 aliphatic rings. The molecule has 4 aromatic rings. The first-order valence-corrected chi connectivity index (χ1v) is 10.9. The highest BCUT2D eigenvalue weighted by molar-refractivity contribution is 6.05. The molecule has 0 atom stereocenters. The topological polar surface area (TPSA) is 115 Å². The Morgan fingerprint density at radius 1 is 0.912 bits per heavy atom. The first-order valence-electron chi connectivity index (χ1n) is 10.9. The number of hydrogen-bond acceptors (Lipinski definition) is 6. The molecule has 1 heterocycles. The summed E-state index contributed by atoms with van der Waals surface area (Å²) in [4.78, 5) is 17.3. The lowest BCUT2D eigenvalue weighted by Crippen LogP contribution is -2.13. The van der Waals surface area contributed by atoms with Gasteiger partial charge in [-0.3, -0.25) is 4.79 Å². The van der Waals surface area contributed by atoms with E-state index in [0.717, 1.165) is 22.3 Å². The number of carbonyl (C=O) groups is 1. The Labute approximate surface area is 198 Å². The van der Waals surface area contributed by atoms with Gasteiger partial charge in [-0.1, -0.05) is 48.5 Å². The van der Waals surface area contributed by atoms with E-state index < -0.39 is 0 Å². The van der Waals surface area contributed by atoms with Gasteiger partial charge in [-0.25, -0.2) is 10.8 Å². The van der Waals surface area contributed by atoms with E-state index in [9.17, 15) is 4.79 Å². The Morgan fingerprint density at radius 3 is 2.32 bits per heavy atom. The molecule has 34 heavy (non-hydrogen) atoms. The van der Waals surface area contributed by atoms with E-state index in [-0.39, 0.29) is 5.91 Å². The van der Waals surface area contributed by atoms with Crippen LogP contribution in [0.3, 0.4) is 0 Å². The molecule has 0 aliphatic heterocycles. The molecule has 7 nitrogen and oxygen atoms in total. The van der Waals surface area contributed by atoms with Crippen LogP contribution in [0.25, 0.3) is 11.3 Å². The molecule has 0 aliphatic carbocycles. The number of aromatic nitrogens is 1. The average molecular weight is 454 g/mol. The van der Waals surface area contributed by atoms with E-state index in [1.165, 1.54) is 0 Å². The highest BCUT2D eigenvalue weighted by Gasteiger charge is 2.12. The predicted octanol–water partition coefficient (Wildman–Crippen LogP) is 4.89. The summed E-state index contributed by atoms with van der Waals surface area (Å²) in [5.41, 5.74) is 14.7. The largest absolute Gasteiger partial charge is 0.396 e. The minimum Gasteiger partial charge on any atom is -0.396 e. The summed E-state index contributed by atoms with van der Waals surface area (Å²) in [5.74, 6) is 5.68. The van der Waals surface area contributed by atoms with Gasteiger partial charge in [-0.15, -0.1) is 0 Å². The molecule has 7 heteroatoms. The van der Waals surface area contributed by atoms with Gasteiger partial charge in [0, 0.05) is 16.8 Å². The van der Waals surface area contributed by atoms with Gasteiger partial charge < -0.3 is 21.2 Å². The zero-order valence-electron chi connectivity index (χ0n) is 18.9. The summed E-state index contributed by atoms with van der Waals surface area (Å²) in [7, 11) is 0. The van der Waals surface area contributed by atoms with Crippen molar-refractivity contribution >= 4 is 23.1 Å². The minimum absolute atomic E-state index is 0.207. The van der Waals surface area contributed by atoms with E-state index in [4.69, 9.17) is 16.3 Å². The van der Waals surface area contributed by atoms with Gasteiger partial charge in [-0.2, -0.15) is 0 Å². The summed E-state index contributed by atoms with van der Waals surface area (Å²) in [6, 6.07) is 26.7. The lowest BCUT2D eigenvalue weighted by molar-refractivity contribution is 0.102. The number of carbonyl (C=O) groups excluding carboxylic acids is 1. The number of nitrogens with one attached hydrogen (secondary N) is 2. The van der Waals surface area contributed by atoms with Crippen LogP contribution in [-0.4, -0.2) is 10.9 Å². The van der Waals surface area contributed by atoms with Crippen LogP contribution in [0, 0.1) is 6.92 Å². The molecule has 4 rings (SSSR count). The van der Waals surface area contributed by atoms with Crippen LogP contribution in [0.2, 0.25) is 0 Å². The van der Waals surface area contributed by atoms with Crippen molar-refractivity contribution < 1.29 is 9.53 Å². The molecule has 0 radical (unpaired) electrons. The first kappa shape index (κ1) is 23.0. The van der Waals surface area contributed by atoms with Gasteiger partial charge in [0.25, 0.3) is 5.91 Å². The second-order valence-corrected chi connectivity index (χ2v) is 7.94. The number of anilines is 3. The summed E-state index contributed by atoms with van der Waals surface area (Å²) in [5, 5.41) is 2.94. The molecule has 0 bridgehead atoms. The highest BCUT2D eigenvalue weighted by Crippen LogP contribution is 2.27. The van der Waals surface area contributed by atoms with Gasteiger partial charge in [-0.05, 0) is 60.0 Å². The van der Waals surface area contributed by atoms with Crippen molar-refractivity contribution in [2.75, 3.05) is 16.5 Å². The maximum absolute atomic E-state index is 12.9. The summed E-state index contributed by atoms with van der Waals surface area (Å²) in [6.07, 6.45) is 0. The zero-order valence-corrected chi connectivity index (χ0v) is 18.9. The molecule has 0 unspecified atom stereocenters. The van der Waals surface area contributed by atoms with Crippen molar-refractivity contribution in [1.29, 1.82) is 0 Å². The van der Waals surface area contributed by atoms with Crippen LogP contribution in [0.15, 0.2) is 84.9 Å². The summed E-state index contributed by atoms with van der Waals surface area (Å²) in [6.45, 7) is 3.02. The molecule has 1 aromatic heterocycles. The number of pyridine rings is 1. The number of nitrogens with zero attached hydrogens (tertiary/aromatic N) is 1. The molecule has 172 valence electrons. The highest BCUT2D eigenvalue weighted by atomic mass is 16.5. The third-order valence-electron chi connectivity index (χ3n) is 5.43. The molecule has 0 saturated carbocycles. The standard InChI is InChI=1S/C27H27N5O2/c1-18-7-10-21(15-23(18)25-14-13-24(28)26(31-25)32-29)27(33)30-22-11-8-20(9-12-22)17-34-16-19-5-3-2-4-6-19/h2-15H,16-17,28-29H2,1H3,(H,30,33)(H,31,32). The second-order valence-electron chi connectivity index (χ2n) is 7.94. The number of nitrogen functional groups attached to an aromatic ring is 2. The lowest BCUT2D eigenvalue weighted by atomic mass is 10.0. The smallest absolute Gasteiger partial charge is 0.255 e. The predicted molar refractivity (Wildman–Crippen MR) is 136 cm³/mol. The maximum atomic E-state index is 12.9. The molecule has 0 fully saturated rings. The molecule has 1 amide bonds. The molecular formula is C27H27N5O2. The second kappa shape index (κ2) is 10.6. The number of hydrazine groups is 1. The van der Waals surface area contributed by atoms with E-state index in [1.807, 2.05) is 73.7 Å². The number of amides is 1. The van der Waals surface area contributed by atoms with Crippen molar-refractivity contribution in [3.8, 4) is 11.3 Å². The normalized spacial score (nSPS) is 10.6. The summed E-state index contributed by atoms with van der Waals surface area (Å²) >= 11 is 0. The van der Waals surface area contributed by atoms with E-state index in [0.29, 0.717) is 41.7 Å². The molecule has 6 N–H and O–H groups in total. The fraction of sp³-hybridized carbons (Fsp3) is 0.111. The zero-order chi connectivity index (χ0) is 23.9. The Morgan fingerprint density at radius 2 is 1.62 bits per heavy atom. The third kappa shape index (κ3) is 5.58. The van der Waals surface area contributed by atoms with Crippen molar-refractivity contribution in [2.45, 2.75) is 20.1 Å². The monoisotopic (exact) mass is 453 g/mol. The quantitative estimate of drug-likeness (QED) is 0.223. The van der Waals surface area contributed by atoms with Crippen molar-refractivity contribution in [1.82, 2.24) is 4.98 Å². The number of rotatable bonds is 8. The van der Waals surface area contributed by atoms with Gasteiger partial charge in [0.2, 0.25) is 0 Å². The number of ether oxygens (including phenoxy) is 1. The van der Waals surface area contributed by atoms with Crippen LogP contribution in [0.4, 0.5) is 17.2 Å². The van der Waals surface area contributed by atoms with E-state index >= 15 is 0 Å². The fourth-order valence-electron chi connectivity index (χ4n) is 3.52. The van der Waals surface area contributed by atoms with Crippen LogP contribution in [-0.2, 0) is 18.0 Å². The number of nitrogens with two attached hydrogens (primary N) is 2. The summed E-state index contributed by atoms with van der Waals surface area (Å²) < 4.78 is 5.77. The van der Waals surface area contributed by atoms with Gasteiger partial charge in [0.15, 0.2) is 5.82 Å². The van der Waals surface area contributed by atoms with Crippen molar-refractivity contribution in [2.24, 2.45) is 5.84 Å². The van der Waals surface area contributed by atoms with E-state index in [2.05, 4.69) is 15.7 Å². The van der Waals surface area contributed by atoms with Crippen LogP contribution in [0.5, 0.6) is 0 Å². The maximum Gasteiger partial charge on any atom is 0.255 e. The average Bonchev–Trinajstić information content (AvgIpc) is 2.86.